The van der Waals surface area contributed by atoms with Crippen LogP contribution in [0, 0.1) is 13.8 Å². The summed E-state index contributed by atoms with van der Waals surface area (Å²) in [5.41, 5.74) is 3.63. The monoisotopic (exact) mass is 452 g/mol. The number of ether oxygens (including phenoxy) is 3. The van der Waals surface area contributed by atoms with Crippen molar-refractivity contribution >= 4 is 23.1 Å². The molecule has 1 aromatic carbocycles. The summed E-state index contributed by atoms with van der Waals surface area (Å²) < 4.78 is 31.9. The molecule has 2 fully saturated rings. The zero-order valence-electron chi connectivity index (χ0n) is 19.7. The molecule has 1 atom stereocenters. The summed E-state index contributed by atoms with van der Waals surface area (Å²) in [5, 5.41) is 0. The van der Waals surface area contributed by atoms with Gasteiger partial charge in [0.25, 0.3) is 0 Å². The van der Waals surface area contributed by atoms with Crippen molar-refractivity contribution in [2.75, 3.05) is 44.0 Å². The summed E-state index contributed by atoms with van der Waals surface area (Å²) in [4.78, 5) is 13.9. The average Bonchev–Trinajstić information content (AvgIpc) is 3.13. The number of hydrogen-bond donors (Lipinski definition) is 0. The second-order valence-corrected chi connectivity index (χ2v) is 11.0. The normalized spacial score (nSPS) is 20.1. The molecule has 0 bridgehead atoms. The minimum atomic E-state index is -1.04. The van der Waals surface area contributed by atoms with Gasteiger partial charge in [-0.15, -0.1) is 4.31 Å². The molecule has 2 aliphatic rings. The first-order chi connectivity index (χ1) is 14.5. The van der Waals surface area contributed by atoms with Crippen LogP contribution in [0.4, 0.5) is 10.5 Å². The zero-order valence-corrected chi connectivity index (χ0v) is 20.5. The van der Waals surface area contributed by atoms with Crippen molar-refractivity contribution in [2.24, 2.45) is 0 Å². The Morgan fingerprint density at radius 2 is 1.74 bits per heavy atom. The van der Waals surface area contributed by atoms with Gasteiger partial charge in [-0.1, -0.05) is 0 Å². The molecule has 2 aliphatic heterocycles. The number of carbonyl (C=O) groups excluding carboxylic acids is 1. The lowest BCUT2D eigenvalue weighted by atomic mass is 9.99. The van der Waals surface area contributed by atoms with Gasteiger partial charge < -0.3 is 18.8 Å². The molecular weight excluding hydrogens is 416 g/mol. The van der Waals surface area contributed by atoms with Crippen LogP contribution in [0.25, 0.3) is 0 Å². The number of nitrogens with zero attached hydrogens (tertiary/aromatic N) is 2. The number of aryl methyl sites for hydroxylation is 2. The summed E-state index contributed by atoms with van der Waals surface area (Å²) in [7, 11) is 1.72. The lowest BCUT2D eigenvalue weighted by Crippen LogP contribution is -2.48. The highest BCUT2D eigenvalue weighted by Crippen LogP contribution is 2.32. The van der Waals surface area contributed by atoms with Crippen molar-refractivity contribution in [2.45, 2.75) is 65.3 Å². The smallest absolute Gasteiger partial charge is 0.414 e. The fourth-order valence-corrected chi connectivity index (χ4v) is 5.36. The molecule has 0 saturated carbocycles. The summed E-state index contributed by atoms with van der Waals surface area (Å²) in [6.45, 7) is 12.4. The highest BCUT2D eigenvalue weighted by Gasteiger charge is 2.42. The van der Waals surface area contributed by atoms with Gasteiger partial charge in [0.15, 0.2) is 5.79 Å². The van der Waals surface area contributed by atoms with Crippen LogP contribution < -0.4 is 4.90 Å². The van der Waals surface area contributed by atoms with Gasteiger partial charge in [0.2, 0.25) is 0 Å². The average molecular weight is 453 g/mol. The highest BCUT2D eigenvalue weighted by molar-refractivity contribution is 7.89. The van der Waals surface area contributed by atoms with Crippen LogP contribution in [0.15, 0.2) is 12.1 Å². The Labute approximate surface area is 189 Å². The topological polar surface area (TPSA) is 74.3 Å². The molecular formula is C23H36N2O5S. The Hall–Kier alpha value is -1.32. The predicted molar refractivity (Wildman–Crippen MR) is 123 cm³/mol. The fourth-order valence-electron chi connectivity index (χ4n) is 4.13. The van der Waals surface area contributed by atoms with Gasteiger partial charge in [0.05, 0.1) is 13.2 Å². The molecule has 3 rings (SSSR count). The van der Waals surface area contributed by atoms with Crippen molar-refractivity contribution in [1.29, 1.82) is 0 Å². The third-order valence-corrected chi connectivity index (χ3v) is 7.34. The third-order valence-electron chi connectivity index (χ3n) is 5.85. The molecule has 8 heteroatoms. The van der Waals surface area contributed by atoms with E-state index in [9.17, 15) is 9.35 Å². The molecule has 1 spiro atoms. The van der Waals surface area contributed by atoms with Gasteiger partial charge in [-0.3, -0.25) is 4.90 Å². The van der Waals surface area contributed by atoms with Crippen LogP contribution in [0.3, 0.4) is 0 Å². The van der Waals surface area contributed by atoms with Crippen molar-refractivity contribution in [3.63, 3.8) is 0 Å². The Morgan fingerprint density at radius 1 is 1.19 bits per heavy atom. The molecule has 1 aromatic rings. The van der Waals surface area contributed by atoms with E-state index in [0.717, 1.165) is 49.2 Å². The van der Waals surface area contributed by atoms with Gasteiger partial charge in [-0.2, -0.15) is 0 Å². The second-order valence-electron chi connectivity index (χ2n) is 9.41. The molecule has 7 nitrogen and oxygen atoms in total. The third kappa shape index (κ3) is 6.14. The summed E-state index contributed by atoms with van der Waals surface area (Å²) in [6.07, 6.45) is 1.89. The SMILES string of the molecule is Cc1cc(N(C)C(=O)OC(C)(C)C)cc(C)c1CC[S@+]([O-])N1CCC2(CC1)OCCO2. The fraction of sp³-hybridized carbons (Fsp3) is 0.696. The molecule has 31 heavy (non-hydrogen) atoms. The van der Waals surface area contributed by atoms with Crippen LogP contribution in [0.2, 0.25) is 0 Å². The van der Waals surface area contributed by atoms with Crippen LogP contribution in [-0.4, -0.2) is 65.4 Å². The Balaban J connectivity index is 1.57. The quantitative estimate of drug-likeness (QED) is 0.634. The number of rotatable bonds is 5. The van der Waals surface area contributed by atoms with Crippen molar-refractivity contribution < 1.29 is 23.6 Å². The lowest BCUT2D eigenvalue weighted by Gasteiger charge is -2.37. The van der Waals surface area contributed by atoms with Crippen molar-refractivity contribution in [1.82, 2.24) is 4.31 Å². The number of amides is 1. The van der Waals surface area contributed by atoms with Crippen LogP contribution in [0.1, 0.15) is 50.3 Å². The van der Waals surface area contributed by atoms with E-state index in [1.54, 1.807) is 7.05 Å². The van der Waals surface area contributed by atoms with Crippen LogP contribution >= 0.6 is 0 Å². The van der Waals surface area contributed by atoms with E-state index in [1.165, 1.54) is 10.5 Å². The first-order valence-electron chi connectivity index (χ1n) is 11.0. The first kappa shape index (κ1) is 24.3. The van der Waals surface area contributed by atoms with E-state index in [4.69, 9.17) is 14.2 Å². The van der Waals surface area contributed by atoms with Crippen LogP contribution in [0.5, 0.6) is 0 Å². The van der Waals surface area contributed by atoms with Gasteiger partial charge in [0.1, 0.15) is 11.4 Å². The Morgan fingerprint density at radius 3 is 2.26 bits per heavy atom. The van der Waals surface area contributed by atoms with Gasteiger partial charge in [0, 0.05) is 56.4 Å². The molecule has 0 aliphatic carbocycles. The van der Waals surface area contributed by atoms with E-state index >= 15 is 0 Å². The molecule has 2 saturated heterocycles. The minimum Gasteiger partial charge on any atom is -0.598 e. The minimum absolute atomic E-state index is 0.377. The summed E-state index contributed by atoms with van der Waals surface area (Å²) in [6, 6.07) is 3.99. The standard InChI is InChI=1S/C23H36N2O5S/c1-17-15-19(24(6)21(26)30-22(3,4)5)16-18(2)20(17)7-14-31(27)25-10-8-23(9-11-25)28-12-13-29-23/h15-16H,7-14H2,1-6H3/t31-/m0/s1. The van der Waals surface area contributed by atoms with Gasteiger partial charge in [-0.05, 0) is 63.4 Å². The van der Waals surface area contributed by atoms with E-state index in [0.29, 0.717) is 19.0 Å². The molecule has 1 amide bonds. The first-order valence-corrected chi connectivity index (χ1v) is 12.3. The van der Waals surface area contributed by atoms with E-state index in [2.05, 4.69) is 0 Å². The van der Waals surface area contributed by atoms with Crippen LogP contribution in [-0.2, 0) is 32.0 Å². The van der Waals surface area contributed by atoms with Gasteiger partial charge in [-0.25, -0.2) is 4.79 Å². The summed E-state index contributed by atoms with van der Waals surface area (Å²) in [5.74, 6) is 0.140. The molecule has 0 aromatic heterocycles. The number of carbonyl (C=O) groups is 1. The predicted octanol–water partition coefficient (Wildman–Crippen LogP) is 3.72. The molecule has 2 heterocycles. The number of anilines is 1. The lowest BCUT2D eigenvalue weighted by molar-refractivity contribution is -0.179. The molecule has 0 N–H and O–H groups in total. The Bertz CT molecular complexity index is 756. The van der Waals surface area contributed by atoms with E-state index in [1.807, 2.05) is 51.1 Å². The number of benzene rings is 1. The largest absolute Gasteiger partial charge is 0.598 e. The Kier molecular flexibility index (Phi) is 7.58. The maximum absolute atomic E-state index is 12.9. The second kappa shape index (κ2) is 9.67. The van der Waals surface area contributed by atoms with E-state index in [-0.39, 0.29) is 6.09 Å². The maximum atomic E-state index is 12.9. The number of hydrogen-bond acceptors (Lipinski definition) is 6. The molecule has 0 radical (unpaired) electrons. The zero-order chi connectivity index (χ0) is 22.8. The van der Waals surface area contributed by atoms with Crippen molar-refractivity contribution in [3.05, 3.63) is 28.8 Å². The molecule has 0 unspecified atom stereocenters. The maximum Gasteiger partial charge on any atom is 0.414 e. The molecule has 174 valence electrons. The summed E-state index contributed by atoms with van der Waals surface area (Å²) >= 11 is -1.04. The van der Waals surface area contributed by atoms with Gasteiger partial charge >= 0.3 is 6.09 Å². The van der Waals surface area contributed by atoms with E-state index < -0.39 is 22.8 Å². The highest BCUT2D eigenvalue weighted by atomic mass is 32.2. The van der Waals surface area contributed by atoms with Crippen molar-refractivity contribution in [3.8, 4) is 0 Å². The number of piperidine rings is 1.